The minimum Gasteiger partial charge on any atom is -0.454 e. The van der Waals surface area contributed by atoms with E-state index in [2.05, 4.69) is 40.5 Å². The molecule has 2 saturated heterocycles. The number of hydrogen-bond acceptors (Lipinski definition) is 7. The van der Waals surface area contributed by atoms with Crippen LogP contribution in [0.2, 0.25) is 0 Å². The van der Waals surface area contributed by atoms with Gasteiger partial charge < -0.3 is 40.0 Å². The number of fused-ring (bicyclic) bond motifs is 1. The van der Waals surface area contributed by atoms with Gasteiger partial charge in [0.15, 0.2) is 11.5 Å². The molecule has 3 amide bonds. The zero-order chi connectivity index (χ0) is 29.6. The van der Waals surface area contributed by atoms with Gasteiger partial charge in [-0.15, -0.1) is 0 Å². The molecule has 6 rings (SSSR count). The summed E-state index contributed by atoms with van der Waals surface area (Å²) in [6.45, 7) is 5.86. The molecule has 3 aliphatic rings. The van der Waals surface area contributed by atoms with Crippen molar-refractivity contribution in [3.63, 3.8) is 0 Å². The number of morpholine rings is 1. The summed E-state index contributed by atoms with van der Waals surface area (Å²) in [7, 11) is 0. The largest absolute Gasteiger partial charge is 0.454 e. The minimum absolute atomic E-state index is 0.0831. The number of nitrogens with zero attached hydrogens (tertiary/aromatic N) is 3. The van der Waals surface area contributed by atoms with Gasteiger partial charge in [-0.25, -0.2) is 4.79 Å². The fraction of sp³-hybridized carbons (Fsp3) is 0.394. The Bertz CT molecular complexity index is 1450. The second kappa shape index (κ2) is 13.4. The maximum atomic E-state index is 13.6. The molecule has 3 N–H and O–H groups in total. The Balaban J connectivity index is 1.24. The number of benzene rings is 3. The Morgan fingerprint density at radius 2 is 1.67 bits per heavy atom. The summed E-state index contributed by atoms with van der Waals surface area (Å²) in [6, 6.07) is 19.7. The van der Waals surface area contributed by atoms with E-state index in [0.717, 1.165) is 54.0 Å². The van der Waals surface area contributed by atoms with Gasteiger partial charge >= 0.3 is 6.03 Å². The average molecular weight is 586 g/mol. The van der Waals surface area contributed by atoms with E-state index in [9.17, 15) is 9.59 Å². The summed E-state index contributed by atoms with van der Waals surface area (Å²) < 4.78 is 16.3. The Morgan fingerprint density at radius 1 is 0.884 bits per heavy atom. The van der Waals surface area contributed by atoms with Crippen LogP contribution >= 0.6 is 0 Å². The second-order valence-electron chi connectivity index (χ2n) is 11.1. The summed E-state index contributed by atoms with van der Waals surface area (Å²) >= 11 is 0. The molecular formula is C33H39N5O5. The van der Waals surface area contributed by atoms with Crippen molar-refractivity contribution in [3.8, 4) is 22.6 Å². The van der Waals surface area contributed by atoms with Crippen LogP contribution in [0, 0.1) is 0 Å². The van der Waals surface area contributed by atoms with E-state index in [-0.39, 0.29) is 18.7 Å². The molecule has 0 unspecified atom stereocenters. The Labute approximate surface area is 252 Å². The number of nitrogens with two attached hydrogens (primary N) is 1. The fourth-order valence-corrected chi connectivity index (χ4v) is 5.83. The van der Waals surface area contributed by atoms with Crippen molar-refractivity contribution in [1.29, 1.82) is 0 Å². The summed E-state index contributed by atoms with van der Waals surface area (Å²) in [5.74, 6) is 1.15. The standard InChI is InChI=1S/C33H39N5O5/c34-11-4-14-38(32(39)27-8-10-30-31(21-27)43-23-42-30)22-24-5-3-6-25(19-24)26-7-9-29(36-12-1-2-13-36)28(20-26)35-33(40)37-15-17-41-18-16-37/h3,5-10,19-21H,1-2,4,11-18,22-23,34H2,(H,35,40). The van der Waals surface area contributed by atoms with E-state index in [0.29, 0.717) is 69.4 Å². The Kier molecular flexibility index (Phi) is 8.95. The molecular weight excluding hydrogens is 546 g/mol. The van der Waals surface area contributed by atoms with Gasteiger partial charge in [0.25, 0.3) is 5.91 Å². The molecule has 0 aliphatic carbocycles. The van der Waals surface area contributed by atoms with Crippen LogP contribution in [0.15, 0.2) is 60.7 Å². The molecule has 0 bridgehead atoms. The van der Waals surface area contributed by atoms with Crippen LogP contribution in [0.25, 0.3) is 11.1 Å². The summed E-state index contributed by atoms with van der Waals surface area (Å²) in [4.78, 5) is 32.7. The topological polar surface area (TPSA) is 110 Å². The van der Waals surface area contributed by atoms with Crippen LogP contribution in [0.3, 0.4) is 0 Å². The highest BCUT2D eigenvalue weighted by Crippen LogP contribution is 2.35. The quantitative estimate of drug-likeness (QED) is 0.380. The van der Waals surface area contributed by atoms with Gasteiger partial charge in [0.1, 0.15) is 0 Å². The molecule has 3 aromatic rings. The molecule has 2 fully saturated rings. The SMILES string of the molecule is NCCCN(Cc1cccc(-c2ccc(N3CCCC3)c(NC(=O)N3CCOCC3)c2)c1)C(=O)c1ccc2c(c1)OCO2. The third kappa shape index (κ3) is 6.71. The van der Waals surface area contributed by atoms with E-state index in [1.807, 2.05) is 17.0 Å². The van der Waals surface area contributed by atoms with Crippen molar-refractivity contribution in [3.05, 3.63) is 71.8 Å². The predicted octanol–water partition coefficient (Wildman–Crippen LogP) is 4.54. The van der Waals surface area contributed by atoms with Gasteiger partial charge in [0.05, 0.1) is 24.6 Å². The molecule has 43 heavy (non-hydrogen) atoms. The third-order valence-corrected chi connectivity index (χ3v) is 8.16. The number of anilines is 2. The highest BCUT2D eigenvalue weighted by molar-refractivity contribution is 5.96. The number of nitrogens with one attached hydrogen (secondary N) is 1. The lowest BCUT2D eigenvalue weighted by Crippen LogP contribution is -2.43. The first-order valence-electron chi connectivity index (χ1n) is 15.1. The number of amides is 3. The average Bonchev–Trinajstić information content (AvgIpc) is 3.76. The molecule has 3 heterocycles. The van der Waals surface area contributed by atoms with Gasteiger partial charge in [-0.1, -0.05) is 24.3 Å². The molecule has 10 nitrogen and oxygen atoms in total. The number of ether oxygens (including phenoxy) is 3. The minimum atomic E-state index is -0.104. The molecule has 10 heteroatoms. The van der Waals surface area contributed by atoms with Crippen molar-refractivity contribution in [2.75, 3.05) is 69.5 Å². The first-order valence-corrected chi connectivity index (χ1v) is 15.1. The lowest BCUT2D eigenvalue weighted by molar-refractivity contribution is 0.0564. The number of carbonyl (C=O) groups is 2. The van der Waals surface area contributed by atoms with Gasteiger partial charge in [0.2, 0.25) is 6.79 Å². The first kappa shape index (κ1) is 28.8. The van der Waals surface area contributed by atoms with E-state index >= 15 is 0 Å². The summed E-state index contributed by atoms with van der Waals surface area (Å²) in [5, 5.41) is 3.19. The molecule has 226 valence electrons. The highest BCUT2D eigenvalue weighted by Gasteiger charge is 2.23. The van der Waals surface area contributed by atoms with Crippen molar-refractivity contribution < 1.29 is 23.8 Å². The van der Waals surface area contributed by atoms with Crippen LogP contribution in [0.4, 0.5) is 16.2 Å². The van der Waals surface area contributed by atoms with E-state index in [1.54, 1.807) is 23.1 Å². The van der Waals surface area contributed by atoms with E-state index < -0.39 is 0 Å². The Morgan fingerprint density at radius 3 is 2.49 bits per heavy atom. The first-order chi connectivity index (χ1) is 21.1. The van der Waals surface area contributed by atoms with Crippen LogP contribution in [-0.4, -0.2) is 81.0 Å². The zero-order valence-electron chi connectivity index (χ0n) is 24.4. The number of carbonyl (C=O) groups excluding carboxylic acids is 2. The van der Waals surface area contributed by atoms with Gasteiger partial charge in [-0.3, -0.25) is 4.79 Å². The highest BCUT2D eigenvalue weighted by atomic mass is 16.7. The van der Waals surface area contributed by atoms with Crippen molar-refractivity contribution in [1.82, 2.24) is 9.80 Å². The van der Waals surface area contributed by atoms with Gasteiger partial charge in [-0.2, -0.15) is 0 Å². The molecule has 0 spiro atoms. The number of hydrogen-bond donors (Lipinski definition) is 2. The van der Waals surface area contributed by atoms with Gasteiger partial charge in [-0.05, 0) is 78.9 Å². The third-order valence-electron chi connectivity index (χ3n) is 8.16. The van der Waals surface area contributed by atoms with Crippen molar-refractivity contribution in [2.24, 2.45) is 5.73 Å². The lowest BCUT2D eigenvalue weighted by atomic mass is 10.0. The summed E-state index contributed by atoms with van der Waals surface area (Å²) in [6.07, 6.45) is 2.98. The van der Waals surface area contributed by atoms with Gasteiger partial charge in [0, 0.05) is 44.8 Å². The molecule has 0 aromatic heterocycles. The van der Waals surface area contributed by atoms with Crippen LogP contribution in [0.1, 0.15) is 35.2 Å². The van der Waals surface area contributed by atoms with Crippen molar-refractivity contribution >= 4 is 23.3 Å². The molecule has 0 atom stereocenters. The summed E-state index contributed by atoms with van der Waals surface area (Å²) in [5.41, 5.74) is 11.2. The Hall–Kier alpha value is -4.28. The maximum Gasteiger partial charge on any atom is 0.322 e. The smallest absolute Gasteiger partial charge is 0.322 e. The fourth-order valence-electron chi connectivity index (χ4n) is 5.83. The zero-order valence-corrected chi connectivity index (χ0v) is 24.4. The van der Waals surface area contributed by atoms with Crippen LogP contribution in [0.5, 0.6) is 11.5 Å². The van der Waals surface area contributed by atoms with Crippen molar-refractivity contribution in [2.45, 2.75) is 25.8 Å². The van der Waals surface area contributed by atoms with Crippen LogP contribution in [-0.2, 0) is 11.3 Å². The molecule has 3 aliphatic heterocycles. The maximum absolute atomic E-state index is 13.6. The van der Waals surface area contributed by atoms with E-state index in [1.165, 1.54) is 0 Å². The lowest BCUT2D eigenvalue weighted by Gasteiger charge is -2.28. The molecule has 0 saturated carbocycles. The second-order valence-corrected chi connectivity index (χ2v) is 11.1. The molecule has 3 aromatic carbocycles. The van der Waals surface area contributed by atoms with Crippen LogP contribution < -0.4 is 25.4 Å². The predicted molar refractivity (Wildman–Crippen MR) is 166 cm³/mol. The van der Waals surface area contributed by atoms with E-state index in [4.69, 9.17) is 19.9 Å². The number of urea groups is 1. The molecule has 0 radical (unpaired) electrons. The normalized spacial score (nSPS) is 15.9. The monoisotopic (exact) mass is 585 g/mol. The number of rotatable bonds is 9.